The Bertz CT molecular complexity index is 599. The van der Waals surface area contributed by atoms with Crippen LogP contribution in [0.25, 0.3) is 11.3 Å². The fourth-order valence-corrected chi connectivity index (χ4v) is 1.69. The Balaban J connectivity index is 2.22. The summed E-state index contributed by atoms with van der Waals surface area (Å²) in [6.07, 6.45) is 0. The zero-order chi connectivity index (χ0) is 14.5. The van der Waals surface area contributed by atoms with Crippen molar-refractivity contribution in [1.29, 1.82) is 0 Å². The van der Waals surface area contributed by atoms with Gasteiger partial charge in [-0.25, -0.2) is 0 Å². The lowest BCUT2D eigenvalue weighted by Crippen LogP contribution is -2.25. The van der Waals surface area contributed by atoms with Gasteiger partial charge in [0.05, 0.1) is 12.8 Å². The van der Waals surface area contributed by atoms with Crippen LogP contribution >= 0.6 is 0 Å². The van der Waals surface area contributed by atoms with E-state index >= 15 is 0 Å². The van der Waals surface area contributed by atoms with Gasteiger partial charge in [0.1, 0.15) is 17.6 Å². The van der Waals surface area contributed by atoms with E-state index in [9.17, 15) is 4.79 Å². The van der Waals surface area contributed by atoms with Gasteiger partial charge in [0.2, 0.25) is 0 Å². The summed E-state index contributed by atoms with van der Waals surface area (Å²) in [5.41, 5.74) is 1.50. The van der Waals surface area contributed by atoms with E-state index < -0.39 is 12.0 Å². The van der Waals surface area contributed by atoms with Crippen molar-refractivity contribution in [2.24, 2.45) is 0 Å². The summed E-state index contributed by atoms with van der Waals surface area (Å²) in [5.74, 6) is 0.181. The average molecular weight is 273 g/mol. The molecule has 2 N–H and O–H groups in total. The molecule has 104 valence electrons. The Morgan fingerprint density at radius 3 is 2.60 bits per heavy atom. The fourth-order valence-electron chi connectivity index (χ4n) is 1.69. The van der Waals surface area contributed by atoms with Crippen LogP contribution in [0.15, 0.2) is 36.4 Å². The number of hydrogen-bond acceptors (Lipinski definition) is 5. The lowest BCUT2D eigenvalue weighted by atomic mass is 10.1. The van der Waals surface area contributed by atoms with Crippen molar-refractivity contribution in [3.05, 3.63) is 36.4 Å². The quantitative estimate of drug-likeness (QED) is 0.867. The first-order chi connectivity index (χ1) is 9.61. The first-order valence-electron chi connectivity index (χ1n) is 6.08. The monoisotopic (exact) mass is 273 g/mol. The molecule has 0 saturated heterocycles. The number of rotatable bonds is 5. The minimum atomic E-state index is -0.944. The summed E-state index contributed by atoms with van der Waals surface area (Å²) >= 11 is 0. The number of benzene rings is 1. The van der Waals surface area contributed by atoms with Crippen molar-refractivity contribution in [2.45, 2.75) is 13.0 Å². The molecule has 1 atom stereocenters. The van der Waals surface area contributed by atoms with Gasteiger partial charge in [-0.2, -0.15) is 0 Å². The molecule has 0 fully saturated rings. The highest BCUT2D eigenvalue weighted by Gasteiger charge is 2.12. The van der Waals surface area contributed by atoms with Gasteiger partial charge in [0.25, 0.3) is 0 Å². The number of methoxy groups -OCH3 is 1. The maximum Gasteiger partial charge on any atom is 0.325 e. The minimum absolute atomic E-state index is 0.415. The number of carbonyl (C=O) groups is 1. The van der Waals surface area contributed by atoms with Crippen LogP contribution in [0.3, 0.4) is 0 Å². The van der Waals surface area contributed by atoms with Crippen LogP contribution in [0.5, 0.6) is 5.75 Å². The molecule has 2 rings (SSSR count). The highest BCUT2D eigenvalue weighted by molar-refractivity contribution is 5.76. The molecule has 0 spiro atoms. The predicted octanol–water partition coefficient (Wildman–Crippen LogP) is 2.04. The number of hydrogen-bond donors (Lipinski definition) is 2. The number of aromatic nitrogens is 2. The van der Waals surface area contributed by atoms with E-state index in [1.165, 1.54) is 6.92 Å². The largest absolute Gasteiger partial charge is 0.496 e. The molecule has 6 nitrogen and oxygen atoms in total. The SMILES string of the molecule is COc1ccccc1-c1ccc(NC(C)C(=O)O)nn1. The molecule has 0 saturated carbocycles. The van der Waals surface area contributed by atoms with Crippen LogP contribution in [0.1, 0.15) is 6.92 Å². The number of nitrogens with one attached hydrogen (secondary N) is 1. The lowest BCUT2D eigenvalue weighted by molar-refractivity contribution is -0.137. The third-order valence-corrected chi connectivity index (χ3v) is 2.78. The van der Waals surface area contributed by atoms with Gasteiger partial charge in [-0.3, -0.25) is 4.79 Å². The Labute approximate surface area is 116 Å². The second-order valence-electron chi connectivity index (χ2n) is 4.21. The second kappa shape index (κ2) is 6.01. The molecule has 1 aromatic carbocycles. The molecule has 0 radical (unpaired) electrons. The molecule has 1 heterocycles. The Hall–Kier alpha value is -2.63. The highest BCUT2D eigenvalue weighted by Crippen LogP contribution is 2.27. The molecule has 20 heavy (non-hydrogen) atoms. The molecule has 0 aliphatic heterocycles. The van der Waals surface area contributed by atoms with E-state index in [2.05, 4.69) is 15.5 Å². The van der Waals surface area contributed by atoms with Crippen LogP contribution < -0.4 is 10.1 Å². The first-order valence-corrected chi connectivity index (χ1v) is 6.08. The van der Waals surface area contributed by atoms with Crippen molar-refractivity contribution in [2.75, 3.05) is 12.4 Å². The van der Waals surface area contributed by atoms with Gasteiger partial charge in [0, 0.05) is 5.56 Å². The summed E-state index contributed by atoms with van der Waals surface area (Å²) in [7, 11) is 1.59. The normalized spacial score (nSPS) is 11.7. The van der Waals surface area contributed by atoms with Gasteiger partial charge < -0.3 is 15.2 Å². The number of carboxylic acids is 1. The smallest absolute Gasteiger partial charge is 0.325 e. The summed E-state index contributed by atoms with van der Waals surface area (Å²) < 4.78 is 5.26. The maximum absolute atomic E-state index is 10.7. The molecule has 1 aromatic heterocycles. The summed E-state index contributed by atoms with van der Waals surface area (Å²) in [6, 6.07) is 10.2. The van der Waals surface area contributed by atoms with Crippen molar-refractivity contribution in [1.82, 2.24) is 10.2 Å². The van der Waals surface area contributed by atoms with Gasteiger partial charge in [-0.05, 0) is 31.2 Å². The van der Waals surface area contributed by atoms with E-state index in [1.54, 1.807) is 19.2 Å². The molecule has 0 aliphatic rings. The van der Waals surface area contributed by atoms with E-state index in [0.29, 0.717) is 17.3 Å². The highest BCUT2D eigenvalue weighted by atomic mass is 16.5. The Morgan fingerprint density at radius 2 is 2.00 bits per heavy atom. The number of para-hydroxylation sites is 1. The molecule has 2 aromatic rings. The van der Waals surface area contributed by atoms with E-state index in [0.717, 1.165) is 5.56 Å². The van der Waals surface area contributed by atoms with E-state index in [-0.39, 0.29) is 0 Å². The van der Waals surface area contributed by atoms with Crippen LogP contribution in [-0.4, -0.2) is 34.4 Å². The third kappa shape index (κ3) is 3.03. The van der Waals surface area contributed by atoms with Gasteiger partial charge in [-0.15, -0.1) is 10.2 Å². The van der Waals surface area contributed by atoms with Gasteiger partial charge in [-0.1, -0.05) is 12.1 Å². The molecule has 6 heteroatoms. The number of anilines is 1. The van der Waals surface area contributed by atoms with Crippen LogP contribution in [0.4, 0.5) is 5.82 Å². The molecule has 0 amide bonds. The minimum Gasteiger partial charge on any atom is -0.496 e. The van der Waals surface area contributed by atoms with Gasteiger partial charge in [0.15, 0.2) is 0 Å². The van der Waals surface area contributed by atoms with Crippen LogP contribution in [0, 0.1) is 0 Å². The van der Waals surface area contributed by atoms with E-state index in [1.807, 2.05) is 24.3 Å². The topological polar surface area (TPSA) is 84.3 Å². The zero-order valence-corrected chi connectivity index (χ0v) is 11.2. The number of ether oxygens (including phenoxy) is 1. The number of aliphatic carboxylic acids is 1. The number of carboxylic acid groups (broad SMARTS) is 1. The summed E-state index contributed by atoms with van der Waals surface area (Å²) in [6.45, 7) is 1.54. The van der Waals surface area contributed by atoms with Crippen molar-refractivity contribution in [3.63, 3.8) is 0 Å². The average Bonchev–Trinajstić information content (AvgIpc) is 2.48. The van der Waals surface area contributed by atoms with Crippen molar-refractivity contribution < 1.29 is 14.6 Å². The van der Waals surface area contributed by atoms with Crippen LogP contribution in [0.2, 0.25) is 0 Å². The Kier molecular flexibility index (Phi) is 4.14. The lowest BCUT2D eigenvalue weighted by Gasteiger charge is -2.10. The van der Waals surface area contributed by atoms with Crippen LogP contribution in [-0.2, 0) is 4.79 Å². The zero-order valence-electron chi connectivity index (χ0n) is 11.2. The molecular formula is C14H15N3O3. The molecule has 0 aliphatic carbocycles. The standard InChI is InChI=1S/C14H15N3O3/c1-9(14(18)19)15-13-8-7-11(16-17-13)10-5-3-4-6-12(10)20-2/h3-9H,1-2H3,(H,15,17)(H,18,19). The van der Waals surface area contributed by atoms with Crippen molar-refractivity contribution in [3.8, 4) is 17.0 Å². The predicted molar refractivity (Wildman–Crippen MR) is 74.7 cm³/mol. The van der Waals surface area contributed by atoms with E-state index in [4.69, 9.17) is 9.84 Å². The first kappa shape index (κ1) is 13.8. The second-order valence-corrected chi connectivity index (χ2v) is 4.21. The number of nitrogens with zero attached hydrogens (tertiary/aromatic N) is 2. The van der Waals surface area contributed by atoms with Gasteiger partial charge >= 0.3 is 5.97 Å². The summed E-state index contributed by atoms with van der Waals surface area (Å²) in [5, 5.41) is 19.6. The molecular weight excluding hydrogens is 258 g/mol. The molecule has 0 bridgehead atoms. The maximum atomic E-state index is 10.7. The fraction of sp³-hybridized carbons (Fsp3) is 0.214. The third-order valence-electron chi connectivity index (χ3n) is 2.78. The van der Waals surface area contributed by atoms with Crippen molar-refractivity contribution >= 4 is 11.8 Å². The molecule has 1 unspecified atom stereocenters. The Morgan fingerprint density at radius 1 is 1.25 bits per heavy atom. The summed E-state index contributed by atoms with van der Waals surface area (Å²) in [4.78, 5) is 10.7.